The van der Waals surface area contributed by atoms with Gasteiger partial charge in [0.05, 0.1) is 16.7 Å². The Balaban J connectivity index is 0.977. The molecule has 0 aliphatic carbocycles. The first-order valence-corrected chi connectivity index (χ1v) is 22.2. The molecule has 0 spiro atoms. The van der Waals surface area contributed by atoms with E-state index in [2.05, 4.69) is 217 Å². The first-order valence-electron chi connectivity index (χ1n) is 21.4. The highest BCUT2D eigenvalue weighted by molar-refractivity contribution is 7.25. The van der Waals surface area contributed by atoms with Gasteiger partial charge in [0.25, 0.3) is 0 Å². The molecule has 0 radical (unpaired) electrons. The van der Waals surface area contributed by atoms with Gasteiger partial charge < -0.3 is 4.57 Å². The van der Waals surface area contributed by atoms with Crippen LogP contribution in [0, 0.1) is 0 Å². The van der Waals surface area contributed by atoms with E-state index in [1.807, 2.05) is 11.3 Å². The first-order chi connectivity index (χ1) is 30.7. The van der Waals surface area contributed by atoms with Crippen molar-refractivity contribution >= 4 is 118 Å². The molecule has 12 aromatic carbocycles. The lowest BCUT2D eigenvalue weighted by molar-refractivity contribution is 1.20. The van der Waals surface area contributed by atoms with Crippen LogP contribution in [0.15, 0.2) is 212 Å². The van der Waals surface area contributed by atoms with Gasteiger partial charge in [0, 0.05) is 41.7 Å². The fourth-order valence-electron chi connectivity index (χ4n) is 10.8. The lowest BCUT2D eigenvalue weighted by atomic mass is 9.90. The van der Waals surface area contributed by atoms with Crippen LogP contribution in [-0.2, 0) is 0 Å². The van der Waals surface area contributed by atoms with Crippen molar-refractivity contribution in [2.24, 2.45) is 0 Å². The van der Waals surface area contributed by atoms with E-state index in [0.717, 1.165) is 0 Å². The standard InChI is InChI=1S/C60H35NS/c1-4-16-42-36(12-1)15-11-23-53(42)61-54-22-10-9-21-49(54)60-55(61)29-28-48-46-27-24-37(33-50(46)45-19-7-8-20-47(45)59(48)60)38-25-30-56-51(34-38)52-35-41(26-31-57(52)62-56)58-43-17-5-2-13-39(43)32-40-14-3-6-18-44(40)58/h1-35H. The maximum Gasteiger partial charge on any atom is 0.0548 e. The predicted octanol–water partition coefficient (Wildman–Crippen LogP) is 17.4. The van der Waals surface area contributed by atoms with Crippen molar-refractivity contribution in [3.05, 3.63) is 212 Å². The second-order valence-electron chi connectivity index (χ2n) is 16.8. The molecular formula is C60H35NS. The van der Waals surface area contributed by atoms with Crippen LogP contribution < -0.4 is 0 Å². The molecule has 0 bridgehead atoms. The molecule has 1 nitrogen and oxygen atoms in total. The minimum Gasteiger partial charge on any atom is -0.309 e. The minimum absolute atomic E-state index is 1.21. The van der Waals surface area contributed by atoms with Crippen LogP contribution in [0.2, 0.25) is 0 Å². The smallest absolute Gasteiger partial charge is 0.0548 e. The van der Waals surface area contributed by atoms with Crippen LogP contribution >= 0.6 is 11.3 Å². The number of thiophene rings is 1. The molecule has 0 saturated heterocycles. The third kappa shape index (κ3) is 4.78. The molecule has 2 heterocycles. The second kappa shape index (κ2) is 12.9. The van der Waals surface area contributed by atoms with E-state index in [0.29, 0.717) is 0 Å². The zero-order valence-electron chi connectivity index (χ0n) is 33.6. The molecule has 0 saturated carbocycles. The summed E-state index contributed by atoms with van der Waals surface area (Å²) in [5.74, 6) is 0. The third-order valence-corrected chi connectivity index (χ3v) is 14.7. The van der Waals surface area contributed by atoms with Gasteiger partial charge in [-0.2, -0.15) is 0 Å². The summed E-state index contributed by atoms with van der Waals surface area (Å²) in [5, 5.41) is 20.5. The molecule has 0 unspecified atom stereocenters. The highest BCUT2D eigenvalue weighted by Crippen LogP contribution is 2.46. The number of hydrogen-bond acceptors (Lipinski definition) is 1. The van der Waals surface area contributed by atoms with Crippen LogP contribution in [0.1, 0.15) is 0 Å². The maximum atomic E-state index is 2.48. The quantitative estimate of drug-likeness (QED) is 0.124. The number of benzene rings is 12. The molecule has 62 heavy (non-hydrogen) atoms. The van der Waals surface area contributed by atoms with Gasteiger partial charge in [-0.25, -0.2) is 0 Å². The number of aromatic nitrogens is 1. The predicted molar refractivity (Wildman–Crippen MR) is 270 cm³/mol. The molecular weight excluding hydrogens is 767 g/mol. The topological polar surface area (TPSA) is 4.93 Å². The van der Waals surface area contributed by atoms with Gasteiger partial charge in [-0.1, -0.05) is 158 Å². The molecule has 0 fully saturated rings. The van der Waals surface area contributed by atoms with Gasteiger partial charge in [-0.05, 0) is 131 Å². The maximum absolute atomic E-state index is 2.48. The van der Waals surface area contributed by atoms with E-state index in [9.17, 15) is 0 Å². The Kier molecular flexibility index (Phi) is 7.05. The van der Waals surface area contributed by atoms with Crippen molar-refractivity contribution in [1.29, 1.82) is 0 Å². The minimum atomic E-state index is 1.21. The molecule has 0 amide bonds. The molecule has 0 atom stereocenters. The van der Waals surface area contributed by atoms with Crippen molar-refractivity contribution in [3.63, 3.8) is 0 Å². The molecule has 14 aromatic rings. The lowest BCUT2D eigenvalue weighted by Crippen LogP contribution is -1.95. The van der Waals surface area contributed by atoms with Crippen molar-refractivity contribution in [2.75, 3.05) is 0 Å². The van der Waals surface area contributed by atoms with Gasteiger partial charge in [0.2, 0.25) is 0 Å². The molecule has 0 N–H and O–H groups in total. The molecule has 2 aromatic heterocycles. The zero-order chi connectivity index (χ0) is 40.5. The fourth-order valence-corrected chi connectivity index (χ4v) is 11.8. The Hall–Kier alpha value is -7.78. The Morgan fingerprint density at radius 2 is 0.790 bits per heavy atom. The monoisotopic (exact) mass is 801 g/mol. The summed E-state index contributed by atoms with van der Waals surface area (Å²) >= 11 is 1.88. The van der Waals surface area contributed by atoms with E-state index < -0.39 is 0 Å². The van der Waals surface area contributed by atoms with Crippen molar-refractivity contribution < 1.29 is 0 Å². The molecule has 286 valence electrons. The van der Waals surface area contributed by atoms with E-state index >= 15 is 0 Å². The first kappa shape index (κ1) is 34.0. The summed E-state index contributed by atoms with van der Waals surface area (Å²) in [6.45, 7) is 0. The van der Waals surface area contributed by atoms with Crippen LogP contribution in [0.3, 0.4) is 0 Å². The van der Waals surface area contributed by atoms with Gasteiger partial charge in [0.15, 0.2) is 0 Å². The van der Waals surface area contributed by atoms with Crippen molar-refractivity contribution in [2.45, 2.75) is 0 Å². The summed E-state index contributed by atoms with van der Waals surface area (Å²) in [6.07, 6.45) is 0. The Morgan fingerprint density at radius 3 is 1.55 bits per heavy atom. The number of nitrogens with zero attached hydrogens (tertiary/aromatic N) is 1. The second-order valence-corrected chi connectivity index (χ2v) is 17.8. The van der Waals surface area contributed by atoms with E-state index in [1.54, 1.807) is 0 Å². The van der Waals surface area contributed by atoms with Gasteiger partial charge >= 0.3 is 0 Å². The van der Waals surface area contributed by atoms with Gasteiger partial charge in [0.1, 0.15) is 0 Å². The molecule has 14 rings (SSSR count). The molecule has 0 aliphatic rings. The van der Waals surface area contributed by atoms with Crippen molar-refractivity contribution in [1.82, 2.24) is 4.57 Å². The Bertz CT molecular complexity index is 4140. The highest BCUT2D eigenvalue weighted by Gasteiger charge is 2.20. The SMILES string of the molecule is c1ccc2c(-n3c4ccccc4c4c5c6ccccc6c6cc(-c7ccc8sc9ccc(-c%10c%11ccccc%11cc%11ccccc%10%11)cc9c8c7)ccc6c5ccc43)cccc2c1. The third-order valence-electron chi connectivity index (χ3n) is 13.5. The number of hydrogen-bond donors (Lipinski definition) is 0. The Morgan fingerprint density at radius 1 is 0.274 bits per heavy atom. The van der Waals surface area contributed by atoms with Gasteiger partial charge in [-0.3, -0.25) is 0 Å². The normalized spacial score (nSPS) is 12.2. The van der Waals surface area contributed by atoms with E-state index in [1.165, 1.54) is 135 Å². The zero-order valence-corrected chi connectivity index (χ0v) is 34.4. The highest BCUT2D eigenvalue weighted by atomic mass is 32.1. The number of para-hydroxylation sites is 1. The average molecular weight is 802 g/mol. The van der Waals surface area contributed by atoms with E-state index in [-0.39, 0.29) is 0 Å². The van der Waals surface area contributed by atoms with E-state index in [4.69, 9.17) is 0 Å². The Labute approximate surface area is 360 Å². The summed E-state index contributed by atoms with van der Waals surface area (Å²) in [6, 6.07) is 79.3. The average Bonchev–Trinajstić information content (AvgIpc) is 3.88. The molecule has 2 heteroatoms. The lowest BCUT2D eigenvalue weighted by Gasteiger charge is -2.15. The fraction of sp³-hybridized carbons (Fsp3) is 0. The summed E-state index contributed by atoms with van der Waals surface area (Å²) in [5.41, 5.74) is 8.68. The molecule has 0 aliphatic heterocycles. The van der Waals surface area contributed by atoms with Crippen molar-refractivity contribution in [3.8, 4) is 27.9 Å². The van der Waals surface area contributed by atoms with Gasteiger partial charge in [-0.15, -0.1) is 11.3 Å². The van der Waals surface area contributed by atoms with Crippen LogP contribution in [-0.4, -0.2) is 4.57 Å². The summed E-state index contributed by atoms with van der Waals surface area (Å²) in [4.78, 5) is 0. The van der Waals surface area contributed by atoms with Crippen LogP contribution in [0.5, 0.6) is 0 Å². The largest absolute Gasteiger partial charge is 0.309 e. The van der Waals surface area contributed by atoms with Crippen LogP contribution in [0.4, 0.5) is 0 Å². The summed E-state index contributed by atoms with van der Waals surface area (Å²) < 4.78 is 5.11. The summed E-state index contributed by atoms with van der Waals surface area (Å²) in [7, 11) is 0. The number of rotatable bonds is 3. The van der Waals surface area contributed by atoms with Crippen LogP contribution in [0.25, 0.3) is 135 Å². The number of fused-ring (bicyclic) bond motifs is 16.